The summed E-state index contributed by atoms with van der Waals surface area (Å²) in [6, 6.07) is 9.30. The fourth-order valence-electron chi connectivity index (χ4n) is 2.61. The monoisotopic (exact) mass is 327 g/mol. The van der Waals surface area contributed by atoms with E-state index < -0.39 is 0 Å². The summed E-state index contributed by atoms with van der Waals surface area (Å²) >= 11 is 5.44. The van der Waals surface area contributed by atoms with E-state index in [1.165, 1.54) is 35.1 Å². The Bertz CT molecular complexity index is 369. The molecule has 1 aliphatic carbocycles. The molecule has 1 aliphatic rings. The zero-order valence-corrected chi connectivity index (χ0v) is 13.4. The Hall–Kier alpha value is 0.01000. The van der Waals surface area contributed by atoms with E-state index in [9.17, 15) is 0 Å². The van der Waals surface area contributed by atoms with Gasteiger partial charge in [0.15, 0.2) is 0 Å². The van der Waals surface area contributed by atoms with Gasteiger partial charge in [-0.15, -0.1) is 11.8 Å². The molecule has 2 atom stereocenters. The molecule has 2 unspecified atom stereocenters. The van der Waals surface area contributed by atoms with Gasteiger partial charge in [-0.1, -0.05) is 41.8 Å². The highest BCUT2D eigenvalue weighted by Crippen LogP contribution is 2.24. The van der Waals surface area contributed by atoms with E-state index in [1.54, 1.807) is 0 Å². The summed E-state index contributed by atoms with van der Waals surface area (Å²) in [4.78, 5) is 1.35. The Morgan fingerprint density at radius 3 is 3.06 bits per heavy atom. The topological polar surface area (TPSA) is 12.0 Å². The second-order valence-corrected chi connectivity index (χ2v) is 7.31. The summed E-state index contributed by atoms with van der Waals surface area (Å²) in [5.41, 5.74) is 0. The van der Waals surface area contributed by atoms with E-state index in [-0.39, 0.29) is 0 Å². The van der Waals surface area contributed by atoms with Crippen molar-refractivity contribution in [2.24, 2.45) is 5.92 Å². The molecule has 0 spiro atoms. The summed E-state index contributed by atoms with van der Waals surface area (Å²) < 4.78 is 1.17. The largest absolute Gasteiger partial charge is 0.313 e. The normalized spacial score (nSPS) is 24.1. The first kappa shape index (κ1) is 14.4. The second-order valence-electron chi connectivity index (χ2n) is 5.23. The number of rotatable bonds is 5. The Morgan fingerprint density at radius 2 is 2.28 bits per heavy atom. The molecule has 1 aromatic rings. The van der Waals surface area contributed by atoms with Crippen LogP contribution < -0.4 is 5.32 Å². The number of thioether (sulfide) groups is 1. The smallest absolute Gasteiger partial charge is 0.0186 e. The highest BCUT2D eigenvalue weighted by Gasteiger charge is 2.17. The minimum Gasteiger partial charge on any atom is -0.313 e. The van der Waals surface area contributed by atoms with Crippen molar-refractivity contribution >= 4 is 27.7 Å². The Labute approximate surface area is 123 Å². The third-order valence-electron chi connectivity index (χ3n) is 3.54. The quantitative estimate of drug-likeness (QED) is 0.620. The van der Waals surface area contributed by atoms with Gasteiger partial charge in [-0.3, -0.25) is 0 Å². The van der Waals surface area contributed by atoms with Crippen molar-refractivity contribution in [3.8, 4) is 0 Å². The maximum atomic E-state index is 3.70. The molecule has 18 heavy (non-hydrogen) atoms. The average Bonchev–Trinajstić information content (AvgIpc) is 2.35. The van der Waals surface area contributed by atoms with Gasteiger partial charge >= 0.3 is 0 Å². The first-order chi connectivity index (χ1) is 8.74. The first-order valence-corrected chi connectivity index (χ1v) is 8.63. The number of nitrogens with one attached hydrogen (secondary N) is 1. The molecule has 0 saturated heterocycles. The molecular formula is C15H22BrNS. The summed E-state index contributed by atoms with van der Waals surface area (Å²) in [6.07, 6.45) is 5.55. The van der Waals surface area contributed by atoms with Gasteiger partial charge in [-0.2, -0.15) is 0 Å². The van der Waals surface area contributed by atoms with E-state index in [1.807, 2.05) is 11.8 Å². The summed E-state index contributed by atoms with van der Waals surface area (Å²) in [5, 5.41) is 3.70. The average molecular weight is 328 g/mol. The predicted molar refractivity (Wildman–Crippen MR) is 84.3 cm³/mol. The van der Waals surface area contributed by atoms with Gasteiger partial charge in [0.1, 0.15) is 0 Å². The molecule has 2 rings (SSSR count). The molecule has 1 fully saturated rings. The van der Waals surface area contributed by atoms with Crippen LogP contribution in [0, 0.1) is 5.92 Å². The van der Waals surface area contributed by atoms with E-state index >= 15 is 0 Å². The van der Waals surface area contributed by atoms with Crippen LogP contribution in [0.4, 0.5) is 0 Å². The molecule has 0 aromatic heterocycles. The molecule has 100 valence electrons. The van der Waals surface area contributed by atoms with E-state index in [0.717, 1.165) is 24.3 Å². The van der Waals surface area contributed by atoms with Crippen molar-refractivity contribution in [2.75, 3.05) is 12.3 Å². The van der Waals surface area contributed by atoms with Crippen LogP contribution in [-0.4, -0.2) is 18.3 Å². The van der Waals surface area contributed by atoms with E-state index in [0.29, 0.717) is 0 Å². The molecule has 1 saturated carbocycles. The van der Waals surface area contributed by atoms with Gasteiger partial charge in [0.05, 0.1) is 0 Å². The zero-order chi connectivity index (χ0) is 12.8. The third kappa shape index (κ3) is 4.94. The van der Waals surface area contributed by atoms with Gasteiger partial charge in [0, 0.05) is 27.7 Å². The summed E-state index contributed by atoms with van der Waals surface area (Å²) in [5.74, 6) is 2.07. The number of halogens is 1. The third-order valence-corrected chi connectivity index (χ3v) is 5.03. The van der Waals surface area contributed by atoms with Crippen molar-refractivity contribution in [3.63, 3.8) is 0 Å². The van der Waals surface area contributed by atoms with E-state index in [4.69, 9.17) is 0 Å². The van der Waals surface area contributed by atoms with Gasteiger partial charge in [0.25, 0.3) is 0 Å². The molecule has 1 nitrogen and oxygen atoms in total. The second kappa shape index (κ2) is 7.56. The van der Waals surface area contributed by atoms with Crippen LogP contribution >= 0.6 is 27.7 Å². The van der Waals surface area contributed by atoms with Crippen LogP contribution in [0.15, 0.2) is 33.6 Å². The fourth-order valence-corrected chi connectivity index (χ4v) is 4.00. The fraction of sp³-hybridized carbons (Fsp3) is 0.600. The minimum absolute atomic E-state index is 0.761. The van der Waals surface area contributed by atoms with Crippen LogP contribution in [0.1, 0.15) is 32.6 Å². The Balaban J connectivity index is 1.64. The molecule has 0 bridgehead atoms. The lowest BCUT2D eigenvalue weighted by Crippen LogP contribution is -2.34. The lowest BCUT2D eigenvalue weighted by atomic mass is 9.87. The molecule has 3 heteroatoms. The summed E-state index contributed by atoms with van der Waals surface area (Å²) in [7, 11) is 0. The minimum atomic E-state index is 0.761. The molecule has 0 radical (unpaired) electrons. The Morgan fingerprint density at radius 1 is 1.39 bits per heavy atom. The maximum absolute atomic E-state index is 3.70. The van der Waals surface area contributed by atoms with Crippen LogP contribution in [0.2, 0.25) is 0 Å². The van der Waals surface area contributed by atoms with Gasteiger partial charge < -0.3 is 5.32 Å². The van der Waals surface area contributed by atoms with Crippen molar-refractivity contribution in [1.29, 1.82) is 0 Å². The molecule has 0 heterocycles. The van der Waals surface area contributed by atoms with Gasteiger partial charge in [-0.25, -0.2) is 0 Å². The summed E-state index contributed by atoms with van der Waals surface area (Å²) in [6.45, 7) is 3.50. The molecule has 0 aliphatic heterocycles. The van der Waals surface area contributed by atoms with Crippen LogP contribution in [-0.2, 0) is 0 Å². The standard InChI is InChI=1S/C15H22BrNS/c1-12-4-2-6-14(10-12)17-8-9-18-15-7-3-5-13(16)11-15/h3,5,7,11-12,14,17H,2,4,6,8-10H2,1H3. The lowest BCUT2D eigenvalue weighted by molar-refractivity contribution is 0.306. The highest BCUT2D eigenvalue weighted by molar-refractivity contribution is 9.10. The number of hydrogen-bond acceptors (Lipinski definition) is 2. The predicted octanol–water partition coefficient (Wildman–Crippen LogP) is 4.71. The van der Waals surface area contributed by atoms with Crippen molar-refractivity contribution in [3.05, 3.63) is 28.7 Å². The SMILES string of the molecule is CC1CCCC(NCCSc2cccc(Br)c2)C1. The molecule has 1 aromatic carbocycles. The van der Waals surface area contributed by atoms with Crippen molar-refractivity contribution in [1.82, 2.24) is 5.32 Å². The number of hydrogen-bond donors (Lipinski definition) is 1. The highest BCUT2D eigenvalue weighted by atomic mass is 79.9. The zero-order valence-electron chi connectivity index (χ0n) is 11.0. The van der Waals surface area contributed by atoms with Crippen LogP contribution in [0.3, 0.4) is 0 Å². The number of benzene rings is 1. The maximum Gasteiger partial charge on any atom is 0.0186 e. The molecule has 1 N–H and O–H groups in total. The molecular weight excluding hydrogens is 306 g/mol. The first-order valence-electron chi connectivity index (χ1n) is 6.86. The van der Waals surface area contributed by atoms with Gasteiger partial charge in [0.2, 0.25) is 0 Å². The lowest BCUT2D eigenvalue weighted by Gasteiger charge is -2.27. The van der Waals surface area contributed by atoms with Crippen LogP contribution in [0.25, 0.3) is 0 Å². The Kier molecular flexibility index (Phi) is 6.06. The van der Waals surface area contributed by atoms with E-state index in [2.05, 4.69) is 52.4 Å². The van der Waals surface area contributed by atoms with Crippen molar-refractivity contribution < 1.29 is 0 Å². The van der Waals surface area contributed by atoms with Gasteiger partial charge in [-0.05, 0) is 37.0 Å². The van der Waals surface area contributed by atoms with Crippen molar-refractivity contribution in [2.45, 2.75) is 43.5 Å². The van der Waals surface area contributed by atoms with Crippen LogP contribution in [0.5, 0.6) is 0 Å². The molecule has 0 amide bonds.